The lowest BCUT2D eigenvalue weighted by molar-refractivity contribution is -0.128. The second kappa shape index (κ2) is 8.10. The van der Waals surface area contributed by atoms with Crippen molar-refractivity contribution in [1.82, 2.24) is 5.32 Å². The maximum Gasteiger partial charge on any atom is 0.341 e. The smallest absolute Gasteiger partial charge is 0.341 e. The van der Waals surface area contributed by atoms with E-state index in [-0.39, 0.29) is 17.3 Å². The van der Waals surface area contributed by atoms with Crippen molar-refractivity contribution in [1.29, 1.82) is 0 Å². The molecular weight excluding hydrogens is 311 g/mol. The van der Waals surface area contributed by atoms with Gasteiger partial charge in [0.1, 0.15) is 5.82 Å². The van der Waals surface area contributed by atoms with Crippen LogP contribution in [0.1, 0.15) is 24.2 Å². The molecule has 2 rings (SSSR count). The van der Waals surface area contributed by atoms with Gasteiger partial charge in [-0.1, -0.05) is 12.1 Å². The van der Waals surface area contributed by atoms with E-state index in [1.54, 1.807) is 43.3 Å². The van der Waals surface area contributed by atoms with E-state index in [2.05, 4.69) is 10.6 Å². The van der Waals surface area contributed by atoms with Crippen LogP contribution in [0.25, 0.3) is 0 Å². The van der Waals surface area contributed by atoms with Gasteiger partial charge in [0.15, 0.2) is 6.10 Å². The second-order valence-corrected chi connectivity index (χ2v) is 5.12. The number of hydrogen-bond acceptors (Lipinski definition) is 4. The molecule has 126 valence electrons. The summed E-state index contributed by atoms with van der Waals surface area (Å²) in [5, 5.41) is 5.63. The van der Waals surface area contributed by atoms with E-state index in [4.69, 9.17) is 4.74 Å². The van der Waals surface area contributed by atoms with E-state index in [0.29, 0.717) is 17.9 Å². The van der Waals surface area contributed by atoms with E-state index in [0.717, 1.165) is 0 Å². The van der Waals surface area contributed by atoms with Crippen LogP contribution in [-0.4, -0.2) is 24.5 Å². The van der Waals surface area contributed by atoms with Crippen LogP contribution in [0.15, 0.2) is 48.5 Å². The molecule has 6 heteroatoms. The van der Waals surface area contributed by atoms with Crippen LogP contribution in [-0.2, 0) is 9.53 Å². The number of hydrogen-bond donors (Lipinski definition) is 2. The lowest BCUT2D eigenvalue weighted by atomic mass is 10.1. The zero-order valence-corrected chi connectivity index (χ0v) is 13.5. The van der Waals surface area contributed by atoms with E-state index in [9.17, 15) is 14.0 Å². The third-order valence-electron chi connectivity index (χ3n) is 3.27. The standard InChI is InChI=1S/C18H19FN2O3/c1-3-20-17(22)12(2)24-18(23)15-6-4-5-7-16(15)21-14-10-8-13(19)9-11-14/h4-12,21H,3H2,1-2H3,(H,20,22). The predicted octanol–water partition coefficient (Wildman–Crippen LogP) is 3.25. The second-order valence-electron chi connectivity index (χ2n) is 5.12. The number of carbonyl (C=O) groups excluding carboxylic acids is 2. The average Bonchev–Trinajstić information content (AvgIpc) is 2.57. The monoisotopic (exact) mass is 330 g/mol. The number of esters is 1. The summed E-state index contributed by atoms with van der Waals surface area (Å²) in [6.07, 6.45) is -0.892. The first-order chi connectivity index (χ1) is 11.5. The summed E-state index contributed by atoms with van der Waals surface area (Å²) >= 11 is 0. The van der Waals surface area contributed by atoms with Gasteiger partial charge in [-0.25, -0.2) is 9.18 Å². The molecule has 0 fully saturated rings. The summed E-state index contributed by atoms with van der Waals surface area (Å²) in [6.45, 7) is 3.76. The van der Waals surface area contributed by atoms with Crippen molar-refractivity contribution in [2.45, 2.75) is 20.0 Å². The first-order valence-electron chi connectivity index (χ1n) is 7.61. The fourth-order valence-electron chi connectivity index (χ4n) is 2.05. The molecule has 5 nitrogen and oxygen atoms in total. The quantitative estimate of drug-likeness (QED) is 0.798. The molecule has 2 aromatic rings. The highest BCUT2D eigenvalue weighted by atomic mass is 19.1. The van der Waals surface area contributed by atoms with Crippen LogP contribution in [0.3, 0.4) is 0 Å². The lowest BCUT2D eigenvalue weighted by Crippen LogP contribution is -2.35. The highest BCUT2D eigenvalue weighted by Crippen LogP contribution is 2.22. The number of nitrogens with one attached hydrogen (secondary N) is 2. The number of carbonyl (C=O) groups is 2. The number of ether oxygens (including phenoxy) is 1. The van der Waals surface area contributed by atoms with Crippen molar-refractivity contribution in [2.75, 3.05) is 11.9 Å². The molecule has 2 N–H and O–H groups in total. The van der Waals surface area contributed by atoms with Crippen molar-refractivity contribution >= 4 is 23.3 Å². The Morgan fingerprint density at radius 3 is 2.46 bits per heavy atom. The minimum absolute atomic E-state index is 0.290. The van der Waals surface area contributed by atoms with Crippen LogP contribution in [0, 0.1) is 5.82 Å². The maximum atomic E-state index is 13.0. The van der Waals surface area contributed by atoms with Crippen molar-refractivity contribution < 1.29 is 18.7 Å². The van der Waals surface area contributed by atoms with Crippen LogP contribution in [0.2, 0.25) is 0 Å². The zero-order chi connectivity index (χ0) is 17.5. The van der Waals surface area contributed by atoms with Crippen molar-refractivity contribution in [3.8, 4) is 0 Å². The molecule has 1 atom stereocenters. The Bertz CT molecular complexity index is 716. The van der Waals surface area contributed by atoms with Gasteiger partial charge in [-0.3, -0.25) is 4.79 Å². The summed E-state index contributed by atoms with van der Waals surface area (Å²) in [4.78, 5) is 24.0. The number of anilines is 2. The Morgan fingerprint density at radius 1 is 1.12 bits per heavy atom. The highest BCUT2D eigenvalue weighted by molar-refractivity contribution is 5.98. The van der Waals surface area contributed by atoms with Crippen LogP contribution >= 0.6 is 0 Å². The number of rotatable bonds is 6. The number of likely N-dealkylation sites (N-methyl/N-ethyl adjacent to an activating group) is 1. The molecule has 0 radical (unpaired) electrons. The van der Waals surface area contributed by atoms with Gasteiger partial charge in [0.2, 0.25) is 0 Å². The highest BCUT2D eigenvalue weighted by Gasteiger charge is 2.20. The van der Waals surface area contributed by atoms with Crippen LogP contribution in [0.5, 0.6) is 0 Å². The van der Waals surface area contributed by atoms with Gasteiger partial charge >= 0.3 is 5.97 Å². The summed E-state index contributed by atoms with van der Waals surface area (Å²) in [5.74, 6) is -1.31. The van der Waals surface area contributed by atoms with Gasteiger partial charge in [0.25, 0.3) is 5.91 Å². The first-order valence-corrected chi connectivity index (χ1v) is 7.61. The molecule has 0 aliphatic rings. The SMILES string of the molecule is CCNC(=O)C(C)OC(=O)c1ccccc1Nc1ccc(F)cc1. The Labute approximate surface area is 139 Å². The number of para-hydroxylation sites is 1. The Balaban J connectivity index is 2.14. The van der Waals surface area contributed by atoms with Gasteiger partial charge in [-0.05, 0) is 50.2 Å². The predicted molar refractivity (Wildman–Crippen MR) is 89.7 cm³/mol. The van der Waals surface area contributed by atoms with E-state index >= 15 is 0 Å². The lowest BCUT2D eigenvalue weighted by Gasteiger charge is -2.15. The third kappa shape index (κ3) is 4.55. The molecular formula is C18H19FN2O3. The molecule has 0 aliphatic carbocycles. The summed E-state index contributed by atoms with van der Waals surface area (Å²) in [7, 11) is 0. The fourth-order valence-corrected chi connectivity index (χ4v) is 2.05. The number of benzene rings is 2. The summed E-state index contributed by atoms with van der Waals surface area (Å²) in [6, 6.07) is 12.5. The molecule has 0 aliphatic heterocycles. The van der Waals surface area contributed by atoms with Crippen molar-refractivity contribution in [3.05, 3.63) is 59.9 Å². The molecule has 0 saturated carbocycles. The Morgan fingerprint density at radius 2 is 1.79 bits per heavy atom. The summed E-state index contributed by atoms with van der Waals surface area (Å²) in [5.41, 5.74) is 1.43. The maximum absolute atomic E-state index is 13.0. The Kier molecular flexibility index (Phi) is 5.89. The normalized spacial score (nSPS) is 11.5. The van der Waals surface area contributed by atoms with E-state index in [1.807, 2.05) is 0 Å². The average molecular weight is 330 g/mol. The molecule has 0 bridgehead atoms. The minimum atomic E-state index is -0.892. The molecule has 2 aromatic carbocycles. The van der Waals surface area contributed by atoms with Crippen molar-refractivity contribution in [2.24, 2.45) is 0 Å². The Hall–Kier alpha value is -2.89. The molecule has 0 heterocycles. The molecule has 0 saturated heterocycles. The largest absolute Gasteiger partial charge is 0.449 e. The van der Waals surface area contributed by atoms with Gasteiger partial charge < -0.3 is 15.4 Å². The molecule has 0 spiro atoms. The van der Waals surface area contributed by atoms with Crippen LogP contribution in [0.4, 0.5) is 15.8 Å². The zero-order valence-electron chi connectivity index (χ0n) is 13.5. The van der Waals surface area contributed by atoms with Gasteiger partial charge in [0, 0.05) is 12.2 Å². The van der Waals surface area contributed by atoms with Gasteiger partial charge in [-0.2, -0.15) is 0 Å². The third-order valence-corrected chi connectivity index (χ3v) is 3.27. The molecule has 1 amide bonds. The molecule has 24 heavy (non-hydrogen) atoms. The summed E-state index contributed by atoms with van der Waals surface area (Å²) < 4.78 is 18.2. The molecule has 1 unspecified atom stereocenters. The van der Waals surface area contributed by atoms with Gasteiger partial charge in [-0.15, -0.1) is 0 Å². The number of amides is 1. The van der Waals surface area contributed by atoms with E-state index < -0.39 is 12.1 Å². The number of halogens is 1. The first kappa shape index (κ1) is 17.5. The van der Waals surface area contributed by atoms with Crippen LogP contribution < -0.4 is 10.6 Å². The van der Waals surface area contributed by atoms with Crippen molar-refractivity contribution in [3.63, 3.8) is 0 Å². The van der Waals surface area contributed by atoms with E-state index in [1.165, 1.54) is 19.1 Å². The fraction of sp³-hybridized carbons (Fsp3) is 0.222. The van der Waals surface area contributed by atoms with Gasteiger partial charge in [0.05, 0.1) is 11.3 Å². The molecule has 0 aromatic heterocycles. The topological polar surface area (TPSA) is 67.4 Å². The minimum Gasteiger partial charge on any atom is -0.449 e.